The van der Waals surface area contributed by atoms with Gasteiger partial charge in [-0.2, -0.15) is 0 Å². The van der Waals surface area contributed by atoms with Crippen LogP contribution in [0.25, 0.3) is 6.08 Å². The number of rotatable bonds is 8. The summed E-state index contributed by atoms with van der Waals surface area (Å²) in [6.07, 6.45) is 5.87. The average Bonchev–Trinajstić information content (AvgIpc) is 3.40. The third-order valence-electron chi connectivity index (χ3n) is 6.78. The highest BCUT2D eigenvalue weighted by Crippen LogP contribution is 2.36. The van der Waals surface area contributed by atoms with Crippen LogP contribution in [-0.4, -0.2) is 71.4 Å². The number of β-amino-alcohol motifs (C(OH)–C–C–N with tert-alkyl or cyclic N) is 1. The molecule has 0 saturated carbocycles. The first-order valence-electron chi connectivity index (χ1n) is 12.1. The van der Waals surface area contributed by atoms with Crippen molar-refractivity contribution in [3.8, 4) is 5.75 Å². The third-order valence-corrected chi connectivity index (χ3v) is 7.52. The minimum Gasteiger partial charge on any atom is -0.490 e. The molecular weight excluding hydrogens is 487 g/mol. The van der Waals surface area contributed by atoms with E-state index in [0.29, 0.717) is 48.3 Å². The number of carbonyl (C=O) groups is 1. The Morgan fingerprint density at radius 2 is 1.77 bits per heavy atom. The van der Waals surface area contributed by atoms with Crippen LogP contribution in [0.4, 0.5) is 0 Å². The van der Waals surface area contributed by atoms with Crippen molar-refractivity contribution in [3.63, 3.8) is 0 Å². The van der Waals surface area contributed by atoms with Crippen LogP contribution in [0.15, 0.2) is 48.5 Å². The van der Waals surface area contributed by atoms with Gasteiger partial charge in [-0.25, -0.2) is 0 Å². The molecule has 8 heteroatoms. The molecule has 0 spiro atoms. The van der Waals surface area contributed by atoms with Gasteiger partial charge in [-0.05, 0) is 55.5 Å². The zero-order valence-corrected chi connectivity index (χ0v) is 21.2. The summed E-state index contributed by atoms with van der Waals surface area (Å²) in [4.78, 5) is 16.3. The molecule has 1 amide bonds. The molecule has 2 fully saturated rings. The van der Waals surface area contributed by atoms with E-state index < -0.39 is 11.7 Å². The van der Waals surface area contributed by atoms with E-state index >= 15 is 0 Å². The molecule has 0 bridgehead atoms. The molecule has 35 heavy (non-hydrogen) atoms. The normalized spacial score (nSPS) is 19.3. The molecule has 4 rings (SSSR count). The highest BCUT2D eigenvalue weighted by Gasteiger charge is 2.34. The SMILES string of the molecule is O=C(C=Cc1ccccc1OCC(O)CN1CCC(O)(c2ccc(Cl)c(Cl)c2)CC1)N1CCCC1. The summed E-state index contributed by atoms with van der Waals surface area (Å²) in [5.41, 5.74) is 0.615. The molecule has 0 radical (unpaired) electrons. The van der Waals surface area contributed by atoms with Gasteiger partial charge in [0.05, 0.1) is 15.6 Å². The predicted molar refractivity (Wildman–Crippen MR) is 139 cm³/mol. The maximum absolute atomic E-state index is 12.3. The van der Waals surface area contributed by atoms with Crippen molar-refractivity contribution in [2.75, 3.05) is 39.3 Å². The molecule has 0 aliphatic carbocycles. The van der Waals surface area contributed by atoms with Crippen LogP contribution in [0.1, 0.15) is 36.8 Å². The fourth-order valence-electron chi connectivity index (χ4n) is 4.67. The molecule has 2 aliphatic rings. The minimum atomic E-state index is -0.954. The van der Waals surface area contributed by atoms with E-state index in [4.69, 9.17) is 27.9 Å². The number of amides is 1. The van der Waals surface area contributed by atoms with Gasteiger partial charge in [-0.1, -0.05) is 47.5 Å². The lowest BCUT2D eigenvalue weighted by molar-refractivity contribution is -0.124. The number of nitrogens with zero attached hydrogens (tertiary/aromatic N) is 2. The van der Waals surface area contributed by atoms with Crippen LogP contribution < -0.4 is 4.74 Å². The van der Waals surface area contributed by atoms with Gasteiger partial charge in [-0.15, -0.1) is 0 Å². The Balaban J connectivity index is 1.26. The molecule has 2 aliphatic heterocycles. The number of benzene rings is 2. The number of hydrogen-bond donors (Lipinski definition) is 2. The van der Waals surface area contributed by atoms with Gasteiger partial charge in [-0.3, -0.25) is 4.79 Å². The lowest BCUT2D eigenvalue weighted by Gasteiger charge is -2.39. The minimum absolute atomic E-state index is 0.0169. The third kappa shape index (κ3) is 6.78. The molecule has 6 nitrogen and oxygen atoms in total. The van der Waals surface area contributed by atoms with Gasteiger partial charge >= 0.3 is 0 Å². The lowest BCUT2D eigenvalue weighted by Crippen LogP contribution is -2.46. The van der Waals surface area contributed by atoms with E-state index in [-0.39, 0.29) is 12.5 Å². The van der Waals surface area contributed by atoms with E-state index in [0.717, 1.165) is 37.1 Å². The van der Waals surface area contributed by atoms with Crippen molar-refractivity contribution in [3.05, 3.63) is 69.7 Å². The van der Waals surface area contributed by atoms with E-state index in [9.17, 15) is 15.0 Å². The van der Waals surface area contributed by atoms with Gasteiger partial charge in [0.2, 0.25) is 5.91 Å². The lowest BCUT2D eigenvalue weighted by atomic mass is 9.84. The monoisotopic (exact) mass is 518 g/mol. The van der Waals surface area contributed by atoms with E-state index in [1.807, 2.05) is 35.2 Å². The Morgan fingerprint density at radius 3 is 2.49 bits per heavy atom. The second-order valence-electron chi connectivity index (χ2n) is 9.33. The number of ether oxygens (including phenoxy) is 1. The van der Waals surface area contributed by atoms with Crippen LogP contribution in [-0.2, 0) is 10.4 Å². The van der Waals surface area contributed by atoms with Gasteiger partial charge in [0.1, 0.15) is 18.5 Å². The second kappa shape index (κ2) is 11.8. The summed E-state index contributed by atoms with van der Waals surface area (Å²) in [5, 5.41) is 22.6. The zero-order chi connectivity index (χ0) is 24.8. The standard InChI is InChI=1S/C27H32Cl2N2O4/c28-23-9-8-21(17-24(23)29)27(34)11-15-30(16-12-27)18-22(32)19-35-25-6-2-1-5-20(25)7-10-26(33)31-13-3-4-14-31/h1-2,5-10,17,22,32,34H,3-4,11-16,18-19H2. The zero-order valence-electron chi connectivity index (χ0n) is 19.7. The first-order chi connectivity index (χ1) is 16.8. The van der Waals surface area contributed by atoms with Crippen LogP contribution in [0, 0.1) is 0 Å². The first kappa shape index (κ1) is 26.0. The summed E-state index contributed by atoms with van der Waals surface area (Å²) in [5.74, 6) is 0.646. The fraction of sp³-hybridized carbons (Fsp3) is 0.444. The van der Waals surface area contributed by atoms with Crippen molar-refractivity contribution in [2.24, 2.45) is 0 Å². The number of aliphatic hydroxyl groups excluding tert-OH is 1. The van der Waals surface area contributed by atoms with E-state index in [1.54, 1.807) is 24.3 Å². The molecule has 188 valence electrons. The Hall–Kier alpha value is -2.09. The summed E-state index contributed by atoms with van der Waals surface area (Å²) < 4.78 is 5.90. The van der Waals surface area contributed by atoms with Crippen LogP contribution in [0.5, 0.6) is 5.75 Å². The quantitative estimate of drug-likeness (QED) is 0.508. The molecular formula is C27H32Cl2N2O4. The second-order valence-corrected chi connectivity index (χ2v) is 10.1. The summed E-state index contributed by atoms with van der Waals surface area (Å²) in [6, 6.07) is 12.8. The Kier molecular flexibility index (Phi) is 8.73. The van der Waals surface area contributed by atoms with Crippen molar-refractivity contribution >= 4 is 35.2 Å². The highest BCUT2D eigenvalue weighted by atomic mass is 35.5. The number of likely N-dealkylation sites (tertiary alicyclic amines) is 2. The van der Waals surface area contributed by atoms with Gasteiger partial charge in [0.15, 0.2) is 0 Å². The Morgan fingerprint density at radius 1 is 1.06 bits per heavy atom. The first-order valence-corrected chi connectivity index (χ1v) is 12.9. The van der Waals surface area contributed by atoms with Crippen LogP contribution in [0.3, 0.4) is 0 Å². The Bertz CT molecular complexity index is 1050. The number of hydrogen-bond acceptors (Lipinski definition) is 5. The maximum atomic E-state index is 12.3. The van der Waals surface area contributed by atoms with Crippen molar-refractivity contribution in [2.45, 2.75) is 37.4 Å². The smallest absolute Gasteiger partial charge is 0.246 e. The largest absolute Gasteiger partial charge is 0.490 e. The number of aliphatic hydroxyl groups is 2. The van der Waals surface area contributed by atoms with E-state index in [2.05, 4.69) is 4.90 Å². The predicted octanol–water partition coefficient (Wildman–Crippen LogP) is 4.35. The number of carbonyl (C=O) groups excluding carboxylic acids is 1. The van der Waals surface area contributed by atoms with Gasteiger partial charge in [0.25, 0.3) is 0 Å². The molecule has 2 aromatic carbocycles. The molecule has 2 saturated heterocycles. The van der Waals surface area contributed by atoms with E-state index in [1.165, 1.54) is 0 Å². The van der Waals surface area contributed by atoms with Gasteiger partial charge in [0, 0.05) is 44.4 Å². The summed E-state index contributed by atoms with van der Waals surface area (Å²) >= 11 is 12.1. The van der Waals surface area contributed by atoms with Crippen molar-refractivity contribution in [1.29, 1.82) is 0 Å². The fourth-order valence-corrected chi connectivity index (χ4v) is 4.97. The number of piperidine rings is 1. The number of para-hydroxylation sites is 1. The summed E-state index contributed by atoms with van der Waals surface area (Å²) in [6.45, 7) is 3.50. The Labute approximate surface area is 216 Å². The molecule has 2 heterocycles. The topological polar surface area (TPSA) is 73.2 Å². The molecule has 2 N–H and O–H groups in total. The maximum Gasteiger partial charge on any atom is 0.246 e. The average molecular weight is 519 g/mol. The van der Waals surface area contributed by atoms with Crippen molar-refractivity contribution < 1.29 is 19.7 Å². The highest BCUT2D eigenvalue weighted by molar-refractivity contribution is 6.42. The van der Waals surface area contributed by atoms with Crippen LogP contribution >= 0.6 is 23.2 Å². The summed E-state index contributed by atoms with van der Waals surface area (Å²) in [7, 11) is 0. The number of halogens is 2. The molecule has 1 unspecified atom stereocenters. The molecule has 2 aromatic rings. The van der Waals surface area contributed by atoms with Crippen molar-refractivity contribution in [1.82, 2.24) is 9.80 Å². The van der Waals surface area contributed by atoms with Crippen LogP contribution in [0.2, 0.25) is 10.0 Å². The van der Waals surface area contributed by atoms with Gasteiger partial charge < -0.3 is 24.7 Å². The molecule has 1 atom stereocenters. The molecule has 0 aromatic heterocycles.